The maximum Gasteiger partial charge on any atom is 0.234 e. The first-order valence-corrected chi connectivity index (χ1v) is 11.4. The van der Waals surface area contributed by atoms with Crippen LogP contribution >= 0.6 is 23.5 Å². The number of rotatable bonds is 7. The van der Waals surface area contributed by atoms with E-state index in [0.29, 0.717) is 22.0 Å². The van der Waals surface area contributed by atoms with Gasteiger partial charge in [0.1, 0.15) is 5.75 Å². The van der Waals surface area contributed by atoms with Crippen LogP contribution in [-0.4, -0.2) is 30.9 Å². The van der Waals surface area contributed by atoms with E-state index in [1.807, 2.05) is 30.5 Å². The van der Waals surface area contributed by atoms with Crippen LogP contribution in [0.15, 0.2) is 64.0 Å². The van der Waals surface area contributed by atoms with Gasteiger partial charge in [0.25, 0.3) is 0 Å². The summed E-state index contributed by atoms with van der Waals surface area (Å²) in [5, 5.41) is 15.7. The number of nitriles is 1. The predicted molar refractivity (Wildman–Crippen MR) is 120 cm³/mol. The Hall–Kier alpha value is -2.89. The summed E-state index contributed by atoms with van der Waals surface area (Å²) in [6, 6.07) is 17.2. The smallest absolute Gasteiger partial charge is 0.234 e. The second-order valence-electron chi connectivity index (χ2n) is 6.50. The summed E-state index contributed by atoms with van der Waals surface area (Å²) in [7, 11) is 1.56. The molecule has 3 rings (SSSR count). The van der Waals surface area contributed by atoms with E-state index in [-0.39, 0.29) is 29.9 Å². The van der Waals surface area contributed by atoms with Crippen molar-refractivity contribution in [2.75, 3.05) is 24.4 Å². The molecule has 2 amide bonds. The number of benzene rings is 2. The summed E-state index contributed by atoms with van der Waals surface area (Å²) in [4.78, 5) is 25.7. The average molecular weight is 440 g/mol. The van der Waals surface area contributed by atoms with Gasteiger partial charge in [-0.25, -0.2) is 0 Å². The first-order valence-electron chi connectivity index (χ1n) is 9.18. The van der Waals surface area contributed by atoms with E-state index < -0.39 is 0 Å². The molecule has 0 spiro atoms. The zero-order valence-corrected chi connectivity index (χ0v) is 18.2. The Kier molecular flexibility index (Phi) is 7.44. The van der Waals surface area contributed by atoms with Gasteiger partial charge in [0.05, 0.1) is 29.5 Å². The number of hydrogen-bond donors (Lipinski definition) is 2. The van der Waals surface area contributed by atoms with Gasteiger partial charge in [-0.2, -0.15) is 5.26 Å². The summed E-state index contributed by atoms with van der Waals surface area (Å²) >= 11 is 2.79. The number of nitrogens with zero attached hydrogens (tertiary/aromatic N) is 1. The predicted octanol–water partition coefficient (Wildman–Crippen LogP) is 4.13. The standard InChI is InChI=1S/C22H21N3O3S2/c1-28-16-5-3-4-15(10-16)24-21(27)13-30-22-19(12-23)18(11-20(26)25-22)14-6-8-17(29-2)9-7-14/h3-10,18H,11,13H2,1-2H3,(H,24,27)(H,25,26)/t18-/m0/s1. The molecule has 0 aliphatic carbocycles. The van der Waals surface area contributed by atoms with Crippen LogP contribution in [0.4, 0.5) is 5.69 Å². The molecule has 1 heterocycles. The van der Waals surface area contributed by atoms with Gasteiger partial charge in [-0.05, 0) is 36.1 Å². The van der Waals surface area contributed by atoms with Crippen molar-refractivity contribution in [1.29, 1.82) is 5.26 Å². The number of nitrogens with one attached hydrogen (secondary N) is 2. The van der Waals surface area contributed by atoms with E-state index in [9.17, 15) is 14.9 Å². The molecule has 1 atom stereocenters. The molecule has 0 saturated carbocycles. The highest BCUT2D eigenvalue weighted by Gasteiger charge is 2.29. The summed E-state index contributed by atoms with van der Waals surface area (Å²) in [6.45, 7) is 0. The van der Waals surface area contributed by atoms with E-state index >= 15 is 0 Å². The van der Waals surface area contributed by atoms with Crippen LogP contribution in [0.25, 0.3) is 0 Å². The van der Waals surface area contributed by atoms with Crippen LogP contribution in [0.3, 0.4) is 0 Å². The lowest BCUT2D eigenvalue weighted by molar-refractivity contribution is -0.121. The Labute approximate surface area is 184 Å². The first-order chi connectivity index (χ1) is 14.5. The molecule has 154 valence electrons. The van der Waals surface area contributed by atoms with Gasteiger partial charge in [0.2, 0.25) is 11.8 Å². The van der Waals surface area contributed by atoms with E-state index in [1.54, 1.807) is 43.1 Å². The SMILES string of the molecule is COc1cccc(NC(=O)CSC2=C(C#N)[C@H](c3ccc(SC)cc3)CC(=O)N2)c1. The summed E-state index contributed by atoms with van der Waals surface area (Å²) in [6.07, 6.45) is 2.20. The van der Waals surface area contributed by atoms with Crippen molar-refractivity contribution in [1.82, 2.24) is 5.32 Å². The van der Waals surface area contributed by atoms with E-state index in [0.717, 1.165) is 22.2 Å². The molecule has 0 saturated heterocycles. The number of allylic oxidation sites excluding steroid dienone is 1. The molecular formula is C22H21N3O3S2. The van der Waals surface area contributed by atoms with Gasteiger partial charge >= 0.3 is 0 Å². The number of amides is 2. The van der Waals surface area contributed by atoms with Crippen molar-refractivity contribution >= 4 is 41.0 Å². The molecule has 6 nitrogen and oxygen atoms in total. The fourth-order valence-corrected chi connectivity index (χ4v) is 4.37. The lowest BCUT2D eigenvalue weighted by Gasteiger charge is -2.25. The molecule has 0 aromatic heterocycles. The minimum atomic E-state index is -0.316. The Morgan fingerprint density at radius 2 is 2.07 bits per heavy atom. The van der Waals surface area contributed by atoms with Crippen molar-refractivity contribution in [3.8, 4) is 11.8 Å². The Bertz CT molecular complexity index is 1010. The van der Waals surface area contributed by atoms with Crippen LogP contribution in [0.5, 0.6) is 5.75 Å². The molecule has 2 aromatic carbocycles. The minimum absolute atomic E-state index is 0.0656. The quantitative estimate of drug-likeness (QED) is 0.631. The van der Waals surface area contributed by atoms with Gasteiger partial charge in [0.15, 0.2) is 0 Å². The van der Waals surface area contributed by atoms with Crippen LogP contribution in [0, 0.1) is 11.3 Å². The molecule has 2 aromatic rings. The van der Waals surface area contributed by atoms with Crippen molar-refractivity contribution in [3.05, 3.63) is 64.7 Å². The Balaban J connectivity index is 1.73. The highest BCUT2D eigenvalue weighted by molar-refractivity contribution is 8.03. The van der Waals surface area contributed by atoms with Crippen LogP contribution in [0.1, 0.15) is 17.9 Å². The van der Waals surface area contributed by atoms with Crippen molar-refractivity contribution in [2.24, 2.45) is 0 Å². The largest absolute Gasteiger partial charge is 0.497 e. The molecule has 0 radical (unpaired) electrons. The Morgan fingerprint density at radius 1 is 1.30 bits per heavy atom. The van der Waals surface area contributed by atoms with Gasteiger partial charge in [-0.3, -0.25) is 9.59 Å². The summed E-state index contributed by atoms with van der Waals surface area (Å²) in [5.74, 6) is -0.00773. The molecule has 0 unspecified atom stereocenters. The molecule has 0 bridgehead atoms. The number of anilines is 1. The maximum atomic E-state index is 12.4. The fourth-order valence-electron chi connectivity index (χ4n) is 3.09. The Morgan fingerprint density at radius 3 is 2.73 bits per heavy atom. The van der Waals surface area contributed by atoms with Gasteiger partial charge < -0.3 is 15.4 Å². The third kappa shape index (κ3) is 5.38. The summed E-state index contributed by atoms with van der Waals surface area (Å²) < 4.78 is 5.15. The highest BCUT2D eigenvalue weighted by Crippen LogP contribution is 2.36. The molecule has 30 heavy (non-hydrogen) atoms. The minimum Gasteiger partial charge on any atom is -0.497 e. The second-order valence-corrected chi connectivity index (χ2v) is 8.37. The fraction of sp³-hybridized carbons (Fsp3) is 0.227. The molecular weight excluding hydrogens is 418 g/mol. The highest BCUT2D eigenvalue weighted by atomic mass is 32.2. The first kappa shape index (κ1) is 21.8. The molecule has 2 N–H and O–H groups in total. The second kappa shape index (κ2) is 10.2. The third-order valence-electron chi connectivity index (χ3n) is 4.58. The zero-order valence-electron chi connectivity index (χ0n) is 16.6. The molecule has 1 aliphatic rings. The van der Waals surface area contributed by atoms with Gasteiger partial charge in [-0.1, -0.05) is 30.0 Å². The maximum absolute atomic E-state index is 12.4. The van der Waals surface area contributed by atoms with Crippen LogP contribution in [-0.2, 0) is 9.59 Å². The van der Waals surface area contributed by atoms with E-state index in [1.165, 1.54) is 0 Å². The normalized spacial score (nSPS) is 15.9. The van der Waals surface area contributed by atoms with Crippen LogP contribution < -0.4 is 15.4 Å². The van der Waals surface area contributed by atoms with Gasteiger partial charge in [-0.15, -0.1) is 11.8 Å². The van der Waals surface area contributed by atoms with E-state index in [4.69, 9.17) is 4.74 Å². The lowest BCUT2D eigenvalue weighted by atomic mass is 9.87. The molecule has 0 fully saturated rings. The zero-order chi connectivity index (χ0) is 21.5. The van der Waals surface area contributed by atoms with Gasteiger partial charge in [0, 0.05) is 29.0 Å². The monoisotopic (exact) mass is 439 g/mol. The average Bonchev–Trinajstić information content (AvgIpc) is 2.77. The topological polar surface area (TPSA) is 91.2 Å². The van der Waals surface area contributed by atoms with Crippen molar-refractivity contribution < 1.29 is 14.3 Å². The lowest BCUT2D eigenvalue weighted by Crippen LogP contribution is -2.31. The van der Waals surface area contributed by atoms with Crippen LogP contribution in [0.2, 0.25) is 0 Å². The third-order valence-corrected chi connectivity index (χ3v) is 6.34. The number of carbonyl (C=O) groups excluding carboxylic acids is 2. The summed E-state index contributed by atoms with van der Waals surface area (Å²) in [5.41, 5.74) is 2.01. The van der Waals surface area contributed by atoms with E-state index in [2.05, 4.69) is 16.7 Å². The number of carbonyl (C=O) groups is 2. The molecule has 8 heteroatoms. The number of ether oxygens (including phenoxy) is 1. The molecule has 1 aliphatic heterocycles. The van der Waals surface area contributed by atoms with Crippen molar-refractivity contribution in [2.45, 2.75) is 17.2 Å². The number of methoxy groups -OCH3 is 1. The van der Waals surface area contributed by atoms with Crippen molar-refractivity contribution in [3.63, 3.8) is 0 Å². The number of thioether (sulfide) groups is 2. The number of hydrogen-bond acceptors (Lipinski definition) is 6.